The molecule has 0 radical (unpaired) electrons. The highest BCUT2D eigenvalue weighted by Gasteiger charge is 2.14. The highest BCUT2D eigenvalue weighted by molar-refractivity contribution is 6.31. The minimum absolute atomic E-state index is 0.186. The topological polar surface area (TPSA) is 38.0 Å². The molecule has 0 aliphatic carbocycles. The molecule has 0 bridgehead atoms. The normalized spacial score (nSPS) is 12.4. The van der Waals surface area contributed by atoms with Crippen LogP contribution in [0, 0.1) is 5.82 Å². The SMILES string of the molecule is NNC(Cc1ccc(Cl)cc1)c1ccc(F)cc1Cl. The summed E-state index contributed by atoms with van der Waals surface area (Å²) in [6, 6.07) is 11.6. The van der Waals surface area contributed by atoms with Crippen LogP contribution >= 0.6 is 23.2 Å². The summed E-state index contributed by atoms with van der Waals surface area (Å²) in [6.45, 7) is 0. The van der Waals surface area contributed by atoms with Gasteiger partial charge in [0.15, 0.2) is 0 Å². The van der Waals surface area contributed by atoms with Crippen molar-refractivity contribution in [2.45, 2.75) is 12.5 Å². The van der Waals surface area contributed by atoms with Gasteiger partial charge < -0.3 is 0 Å². The minimum atomic E-state index is -0.365. The van der Waals surface area contributed by atoms with Crippen LogP contribution in [0.1, 0.15) is 17.2 Å². The molecule has 100 valence electrons. The van der Waals surface area contributed by atoms with Gasteiger partial charge in [-0.3, -0.25) is 11.3 Å². The lowest BCUT2D eigenvalue weighted by Crippen LogP contribution is -2.29. The molecule has 0 heterocycles. The third kappa shape index (κ3) is 3.67. The summed E-state index contributed by atoms with van der Waals surface area (Å²) in [6.07, 6.45) is 0.638. The molecule has 19 heavy (non-hydrogen) atoms. The van der Waals surface area contributed by atoms with Gasteiger partial charge in [-0.2, -0.15) is 0 Å². The fourth-order valence-electron chi connectivity index (χ4n) is 1.90. The monoisotopic (exact) mass is 298 g/mol. The fourth-order valence-corrected chi connectivity index (χ4v) is 2.32. The second-order valence-electron chi connectivity index (χ2n) is 4.22. The van der Waals surface area contributed by atoms with Crippen molar-refractivity contribution in [3.63, 3.8) is 0 Å². The maximum absolute atomic E-state index is 13.0. The average molecular weight is 299 g/mol. The van der Waals surface area contributed by atoms with Crippen molar-refractivity contribution in [1.82, 2.24) is 5.43 Å². The Morgan fingerprint density at radius 3 is 2.37 bits per heavy atom. The largest absolute Gasteiger partial charge is 0.271 e. The molecule has 2 rings (SSSR count). The van der Waals surface area contributed by atoms with Gasteiger partial charge in [-0.1, -0.05) is 41.4 Å². The second-order valence-corrected chi connectivity index (χ2v) is 5.06. The number of hydrogen-bond donors (Lipinski definition) is 2. The molecular weight excluding hydrogens is 286 g/mol. The number of benzene rings is 2. The molecule has 0 aliphatic heterocycles. The van der Waals surface area contributed by atoms with E-state index < -0.39 is 0 Å². The van der Waals surface area contributed by atoms with Gasteiger partial charge in [-0.15, -0.1) is 0 Å². The van der Waals surface area contributed by atoms with Gasteiger partial charge in [0.1, 0.15) is 5.82 Å². The van der Waals surface area contributed by atoms with E-state index in [2.05, 4.69) is 5.43 Å². The van der Waals surface area contributed by atoms with E-state index in [1.54, 1.807) is 6.07 Å². The predicted octanol–water partition coefficient (Wildman–Crippen LogP) is 3.88. The molecule has 1 unspecified atom stereocenters. The van der Waals surface area contributed by atoms with E-state index in [0.717, 1.165) is 11.1 Å². The lowest BCUT2D eigenvalue weighted by molar-refractivity contribution is 0.549. The van der Waals surface area contributed by atoms with Crippen molar-refractivity contribution in [3.05, 3.63) is 69.5 Å². The lowest BCUT2D eigenvalue weighted by atomic mass is 9.99. The van der Waals surface area contributed by atoms with Crippen LogP contribution in [-0.2, 0) is 6.42 Å². The molecule has 5 heteroatoms. The summed E-state index contributed by atoms with van der Waals surface area (Å²) in [7, 11) is 0. The summed E-state index contributed by atoms with van der Waals surface area (Å²) >= 11 is 11.9. The minimum Gasteiger partial charge on any atom is -0.271 e. The smallest absolute Gasteiger partial charge is 0.124 e. The number of hydrogen-bond acceptors (Lipinski definition) is 2. The molecule has 0 amide bonds. The molecule has 0 aliphatic rings. The van der Waals surface area contributed by atoms with Gasteiger partial charge in [0.25, 0.3) is 0 Å². The van der Waals surface area contributed by atoms with Crippen LogP contribution in [0.25, 0.3) is 0 Å². The van der Waals surface area contributed by atoms with E-state index in [4.69, 9.17) is 29.0 Å². The number of nitrogens with two attached hydrogens (primary N) is 1. The lowest BCUT2D eigenvalue weighted by Gasteiger charge is -2.18. The third-order valence-corrected chi connectivity index (χ3v) is 3.47. The van der Waals surface area contributed by atoms with Gasteiger partial charge in [0, 0.05) is 10.0 Å². The van der Waals surface area contributed by atoms with Crippen LogP contribution in [0.5, 0.6) is 0 Å². The molecule has 0 fully saturated rings. The Morgan fingerprint density at radius 1 is 1.11 bits per heavy atom. The standard InChI is InChI=1S/C14H13Cl2FN2/c15-10-3-1-9(2-4-10)7-14(19-18)12-6-5-11(17)8-13(12)16/h1-6,8,14,19H,7,18H2. The molecule has 0 saturated heterocycles. The molecular formula is C14H13Cl2FN2. The first-order valence-electron chi connectivity index (χ1n) is 5.75. The maximum atomic E-state index is 13.0. The van der Waals surface area contributed by atoms with Gasteiger partial charge in [-0.25, -0.2) is 4.39 Å². The number of nitrogens with one attached hydrogen (secondary N) is 1. The summed E-state index contributed by atoms with van der Waals surface area (Å²) in [5.74, 6) is 5.20. The van der Waals surface area contributed by atoms with E-state index in [-0.39, 0.29) is 11.9 Å². The van der Waals surface area contributed by atoms with Crippen LogP contribution in [0.2, 0.25) is 10.0 Å². The van der Waals surface area contributed by atoms with Crippen LogP contribution < -0.4 is 11.3 Å². The summed E-state index contributed by atoms with van der Waals surface area (Å²) < 4.78 is 13.0. The number of rotatable bonds is 4. The van der Waals surface area contributed by atoms with E-state index in [0.29, 0.717) is 16.5 Å². The summed E-state index contributed by atoms with van der Waals surface area (Å²) in [5, 5.41) is 1.04. The summed E-state index contributed by atoms with van der Waals surface area (Å²) in [4.78, 5) is 0. The fraction of sp³-hybridized carbons (Fsp3) is 0.143. The Kier molecular flexibility index (Phi) is 4.77. The molecule has 2 aromatic rings. The molecule has 0 aromatic heterocycles. The van der Waals surface area contributed by atoms with E-state index in [1.807, 2.05) is 24.3 Å². The van der Waals surface area contributed by atoms with E-state index >= 15 is 0 Å². The van der Waals surface area contributed by atoms with Crippen molar-refractivity contribution in [1.29, 1.82) is 0 Å². The zero-order chi connectivity index (χ0) is 13.8. The quantitative estimate of drug-likeness (QED) is 0.664. The highest BCUT2D eigenvalue weighted by Crippen LogP contribution is 2.26. The van der Waals surface area contributed by atoms with Crippen LogP contribution in [-0.4, -0.2) is 0 Å². The predicted molar refractivity (Wildman–Crippen MR) is 76.6 cm³/mol. The highest BCUT2D eigenvalue weighted by atomic mass is 35.5. The van der Waals surface area contributed by atoms with Crippen molar-refractivity contribution in [2.75, 3.05) is 0 Å². The van der Waals surface area contributed by atoms with Crippen molar-refractivity contribution in [3.8, 4) is 0 Å². The Morgan fingerprint density at radius 2 is 1.79 bits per heavy atom. The number of halogens is 3. The molecule has 0 saturated carbocycles. The Labute approximate surface area is 121 Å². The average Bonchev–Trinajstić information content (AvgIpc) is 2.39. The Balaban J connectivity index is 2.22. The van der Waals surface area contributed by atoms with Crippen molar-refractivity contribution >= 4 is 23.2 Å². The Bertz CT molecular complexity index is 558. The summed E-state index contributed by atoms with van der Waals surface area (Å²) in [5.41, 5.74) is 4.53. The van der Waals surface area contributed by atoms with Crippen molar-refractivity contribution in [2.24, 2.45) is 5.84 Å². The molecule has 0 spiro atoms. The first kappa shape index (κ1) is 14.3. The van der Waals surface area contributed by atoms with Crippen molar-refractivity contribution < 1.29 is 4.39 Å². The third-order valence-electron chi connectivity index (χ3n) is 2.89. The van der Waals surface area contributed by atoms with Gasteiger partial charge in [0.05, 0.1) is 6.04 Å². The van der Waals surface area contributed by atoms with Gasteiger partial charge in [-0.05, 0) is 41.8 Å². The van der Waals surface area contributed by atoms with Gasteiger partial charge >= 0.3 is 0 Å². The molecule has 3 N–H and O–H groups in total. The molecule has 2 aromatic carbocycles. The molecule has 2 nitrogen and oxygen atoms in total. The number of hydrazine groups is 1. The first-order valence-corrected chi connectivity index (χ1v) is 6.51. The second kappa shape index (κ2) is 6.35. The van der Waals surface area contributed by atoms with Crippen LogP contribution in [0.15, 0.2) is 42.5 Å². The Hall–Kier alpha value is -1.13. The van der Waals surface area contributed by atoms with Crippen LogP contribution in [0.3, 0.4) is 0 Å². The molecule has 1 atom stereocenters. The van der Waals surface area contributed by atoms with Gasteiger partial charge in [0.2, 0.25) is 0 Å². The zero-order valence-corrected chi connectivity index (χ0v) is 11.5. The zero-order valence-electron chi connectivity index (χ0n) is 10.0. The first-order chi connectivity index (χ1) is 9.10. The van der Waals surface area contributed by atoms with E-state index in [1.165, 1.54) is 12.1 Å². The van der Waals surface area contributed by atoms with E-state index in [9.17, 15) is 4.39 Å². The maximum Gasteiger partial charge on any atom is 0.124 e. The van der Waals surface area contributed by atoms with Crippen LogP contribution in [0.4, 0.5) is 4.39 Å².